The highest BCUT2D eigenvalue weighted by Gasteiger charge is 2.74. The van der Waals surface area contributed by atoms with Gasteiger partial charge in [0, 0.05) is 0 Å². The normalized spacial score (nSPS) is 27.5. The average Bonchev–Trinajstić information content (AvgIpc) is 3.07. The van der Waals surface area contributed by atoms with Crippen LogP contribution in [-0.4, -0.2) is 23.8 Å². The molecule has 1 spiro atoms. The van der Waals surface area contributed by atoms with Crippen LogP contribution in [0.25, 0.3) is 0 Å². The van der Waals surface area contributed by atoms with E-state index in [4.69, 9.17) is 9.47 Å². The zero-order valence-electron chi connectivity index (χ0n) is 13.2. The number of carbonyl (C=O) groups excluding carboxylic acids is 1. The van der Waals surface area contributed by atoms with Crippen LogP contribution >= 0.6 is 0 Å². The van der Waals surface area contributed by atoms with Gasteiger partial charge in [0.25, 0.3) is 0 Å². The van der Waals surface area contributed by atoms with Crippen molar-refractivity contribution < 1.29 is 14.3 Å². The topological polar surface area (TPSA) is 38.8 Å². The number of hydrogen-bond acceptors (Lipinski definition) is 3. The minimum atomic E-state index is -0.588. The van der Waals surface area contributed by atoms with Crippen LogP contribution in [0.1, 0.15) is 84.5 Å². The van der Waals surface area contributed by atoms with Crippen LogP contribution in [0.15, 0.2) is 0 Å². The lowest BCUT2D eigenvalue weighted by Crippen LogP contribution is -2.37. The van der Waals surface area contributed by atoms with E-state index in [2.05, 4.69) is 6.92 Å². The zero-order chi connectivity index (χ0) is 14.5. The minimum absolute atomic E-state index is 0.0996. The van der Waals surface area contributed by atoms with Crippen molar-refractivity contribution in [2.24, 2.45) is 0 Å². The molecule has 1 unspecified atom stereocenters. The summed E-state index contributed by atoms with van der Waals surface area (Å²) in [5.41, 5.74) is -0.752. The molecule has 116 valence electrons. The number of carbonyl (C=O) groups is 1. The van der Waals surface area contributed by atoms with E-state index in [9.17, 15) is 4.79 Å². The molecular formula is C17H30O3. The summed E-state index contributed by atoms with van der Waals surface area (Å²) in [5, 5.41) is 0. The fourth-order valence-electron chi connectivity index (χ4n) is 3.77. The first-order valence-electron chi connectivity index (χ1n) is 8.58. The largest absolute Gasteiger partial charge is 0.464 e. The van der Waals surface area contributed by atoms with E-state index in [0.717, 1.165) is 25.7 Å². The monoisotopic (exact) mass is 282 g/mol. The highest BCUT2D eigenvalue weighted by atomic mass is 16.7. The van der Waals surface area contributed by atoms with Gasteiger partial charge >= 0.3 is 5.97 Å². The summed E-state index contributed by atoms with van der Waals surface area (Å²) in [5.74, 6) is -0.0996. The lowest BCUT2D eigenvalue weighted by molar-refractivity contribution is -0.150. The van der Waals surface area contributed by atoms with Crippen molar-refractivity contribution in [3.8, 4) is 0 Å². The standard InChI is InChI=1S/C17H30O3/c1-3-5-6-7-11-14-17(15(18)19-4-2)16(20-17)12-9-8-10-13-16/h3-14H2,1-2H3. The van der Waals surface area contributed by atoms with Crippen LogP contribution in [0, 0.1) is 0 Å². The number of rotatable bonds is 8. The molecule has 1 saturated carbocycles. The summed E-state index contributed by atoms with van der Waals surface area (Å²) < 4.78 is 11.4. The number of unbranched alkanes of at least 4 members (excludes halogenated alkanes) is 4. The smallest absolute Gasteiger partial charge is 0.341 e. The number of epoxide rings is 1. The fraction of sp³-hybridized carbons (Fsp3) is 0.941. The van der Waals surface area contributed by atoms with Gasteiger partial charge in [0.05, 0.1) is 6.61 Å². The van der Waals surface area contributed by atoms with Gasteiger partial charge < -0.3 is 9.47 Å². The van der Waals surface area contributed by atoms with Crippen molar-refractivity contribution in [2.75, 3.05) is 6.61 Å². The molecule has 0 radical (unpaired) electrons. The molecular weight excluding hydrogens is 252 g/mol. The first kappa shape index (κ1) is 15.8. The molecule has 1 aliphatic carbocycles. The Balaban J connectivity index is 1.91. The Morgan fingerprint density at radius 1 is 1.05 bits per heavy atom. The van der Waals surface area contributed by atoms with Crippen molar-refractivity contribution in [2.45, 2.75) is 95.7 Å². The summed E-state index contributed by atoms with van der Waals surface area (Å²) in [7, 11) is 0. The summed E-state index contributed by atoms with van der Waals surface area (Å²) in [4.78, 5) is 12.4. The summed E-state index contributed by atoms with van der Waals surface area (Å²) in [6.07, 6.45) is 12.7. The number of ether oxygens (including phenoxy) is 2. The number of esters is 1. The van der Waals surface area contributed by atoms with E-state index >= 15 is 0 Å². The molecule has 2 aliphatic rings. The minimum Gasteiger partial charge on any atom is -0.464 e. The van der Waals surface area contributed by atoms with E-state index in [1.807, 2.05) is 6.92 Å². The van der Waals surface area contributed by atoms with E-state index in [1.54, 1.807) is 0 Å². The molecule has 2 rings (SSSR count). The molecule has 1 atom stereocenters. The van der Waals surface area contributed by atoms with E-state index in [1.165, 1.54) is 44.9 Å². The maximum Gasteiger partial charge on any atom is 0.341 e. The van der Waals surface area contributed by atoms with Crippen LogP contribution in [0.5, 0.6) is 0 Å². The van der Waals surface area contributed by atoms with Gasteiger partial charge in [-0.1, -0.05) is 51.9 Å². The molecule has 1 saturated heterocycles. The second-order valence-electron chi connectivity index (χ2n) is 6.37. The van der Waals surface area contributed by atoms with Gasteiger partial charge in [0.2, 0.25) is 0 Å². The van der Waals surface area contributed by atoms with Crippen molar-refractivity contribution in [1.29, 1.82) is 0 Å². The molecule has 0 amide bonds. The highest BCUT2D eigenvalue weighted by molar-refractivity contribution is 5.85. The lowest BCUT2D eigenvalue weighted by atomic mass is 9.77. The second-order valence-corrected chi connectivity index (χ2v) is 6.37. The Hall–Kier alpha value is -0.570. The molecule has 0 aromatic heterocycles. The average molecular weight is 282 g/mol. The van der Waals surface area contributed by atoms with Crippen LogP contribution in [0.2, 0.25) is 0 Å². The molecule has 1 aliphatic heterocycles. The number of hydrogen-bond donors (Lipinski definition) is 0. The Morgan fingerprint density at radius 2 is 1.75 bits per heavy atom. The van der Waals surface area contributed by atoms with Crippen molar-refractivity contribution >= 4 is 5.97 Å². The predicted molar refractivity (Wildman–Crippen MR) is 79.6 cm³/mol. The van der Waals surface area contributed by atoms with Crippen LogP contribution in [-0.2, 0) is 14.3 Å². The summed E-state index contributed by atoms with van der Waals surface area (Å²) >= 11 is 0. The molecule has 20 heavy (non-hydrogen) atoms. The van der Waals surface area contributed by atoms with Gasteiger partial charge in [-0.2, -0.15) is 0 Å². The Morgan fingerprint density at radius 3 is 2.40 bits per heavy atom. The Kier molecular flexibility index (Phi) is 5.48. The van der Waals surface area contributed by atoms with Gasteiger partial charge in [0.15, 0.2) is 5.60 Å². The highest BCUT2D eigenvalue weighted by Crippen LogP contribution is 2.59. The van der Waals surface area contributed by atoms with Crippen molar-refractivity contribution in [3.05, 3.63) is 0 Å². The molecule has 0 bridgehead atoms. The molecule has 0 N–H and O–H groups in total. The molecule has 0 aromatic rings. The van der Waals surface area contributed by atoms with E-state index in [-0.39, 0.29) is 11.6 Å². The van der Waals surface area contributed by atoms with Gasteiger partial charge in [-0.05, 0) is 32.6 Å². The second kappa shape index (κ2) is 6.93. The van der Waals surface area contributed by atoms with Crippen LogP contribution in [0.3, 0.4) is 0 Å². The Labute approximate surface area is 123 Å². The van der Waals surface area contributed by atoms with Crippen LogP contribution < -0.4 is 0 Å². The predicted octanol–water partition coefficient (Wildman–Crippen LogP) is 4.38. The molecule has 3 heteroatoms. The van der Waals surface area contributed by atoms with Gasteiger partial charge in [-0.25, -0.2) is 4.79 Å². The molecule has 0 aromatic carbocycles. The fourth-order valence-corrected chi connectivity index (χ4v) is 3.77. The van der Waals surface area contributed by atoms with Crippen molar-refractivity contribution in [1.82, 2.24) is 0 Å². The Bertz CT molecular complexity index is 320. The quantitative estimate of drug-likeness (QED) is 0.377. The van der Waals surface area contributed by atoms with Gasteiger partial charge in [0.1, 0.15) is 5.60 Å². The molecule has 1 heterocycles. The van der Waals surface area contributed by atoms with Gasteiger partial charge in [-0.15, -0.1) is 0 Å². The van der Waals surface area contributed by atoms with E-state index < -0.39 is 5.60 Å². The SMILES string of the molecule is CCCCCCCC1(C(=O)OCC)OC12CCCCC2. The molecule has 2 fully saturated rings. The first-order chi connectivity index (χ1) is 9.71. The first-order valence-corrected chi connectivity index (χ1v) is 8.58. The summed E-state index contributed by atoms with van der Waals surface area (Å²) in [6.45, 7) is 4.56. The van der Waals surface area contributed by atoms with Crippen molar-refractivity contribution in [3.63, 3.8) is 0 Å². The third kappa shape index (κ3) is 3.03. The summed E-state index contributed by atoms with van der Waals surface area (Å²) in [6, 6.07) is 0. The third-order valence-electron chi connectivity index (χ3n) is 4.96. The zero-order valence-corrected chi connectivity index (χ0v) is 13.2. The third-order valence-corrected chi connectivity index (χ3v) is 4.96. The molecule has 3 nitrogen and oxygen atoms in total. The van der Waals surface area contributed by atoms with E-state index in [0.29, 0.717) is 6.61 Å². The lowest BCUT2D eigenvalue weighted by Gasteiger charge is -2.22. The van der Waals surface area contributed by atoms with Crippen LogP contribution in [0.4, 0.5) is 0 Å². The van der Waals surface area contributed by atoms with Gasteiger partial charge in [-0.3, -0.25) is 0 Å². The maximum atomic E-state index is 12.4. The maximum absolute atomic E-state index is 12.4.